The fourth-order valence-electron chi connectivity index (χ4n) is 0.920. The van der Waals surface area contributed by atoms with Crippen molar-refractivity contribution in [1.82, 2.24) is 4.90 Å². The maximum atomic E-state index is 5.36. The van der Waals surface area contributed by atoms with E-state index in [4.69, 9.17) is 10.5 Å². The van der Waals surface area contributed by atoms with Crippen LogP contribution in [0.15, 0.2) is 0 Å². The normalized spacial score (nSPS) is 11.0. The first kappa shape index (κ1) is 11.9. The van der Waals surface area contributed by atoms with Crippen LogP contribution in [0, 0.1) is 0 Å². The van der Waals surface area contributed by atoms with E-state index in [0.717, 1.165) is 39.1 Å². The van der Waals surface area contributed by atoms with E-state index in [1.165, 1.54) is 6.42 Å². The molecular formula is C9H22N2O. The first-order valence-corrected chi connectivity index (χ1v) is 4.70. The van der Waals surface area contributed by atoms with Gasteiger partial charge >= 0.3 is 0 Å². The van der Waals surface area contributed by atoms with Gasteiger partial charge in [-0.1, -0.05) is 0 Å². The second kappa shape index (κ2) is 8.97. The van der Waals surface area contributed by atoms with E-state index < -0.39 is 0 Å². The third kappa shape index (κ3) is 9.88. The van der Waals surface area contributed by atoms with Gasteiger partial charge in [0, 0.05) is 13.2 Å². The van der Waals surface area contributed by atoms with Crippen LogP contribution in [0.5, 0.6) is 0 Å². The first-order chi connectivity index (χ1) is 5.77. The van der Waals surface area contributed by atoms with Crippen molar-refractivity contribution < 1.29 is 4.74 Å². The van der Waals surface area contributed by atoms with Crippen molar-refractivity contribution >= 4 is 0 Å². The number of ether oxygens (including phenoxy) is 1. The molecule has 0 bridgehead atoms. The van der Waals surface area contributed by atoms with E-state index >= 15 is 0 Å². The summed E-state index contributed by atoms with van der Waals surface area (Å²) >= 11 is 0. The molecule has 0 aromatic carbocycles. The van der Waals surface area contributed by atoms with Crippen LogP contribution in [-0.4, -0.2) is 45.3 Å². The van der Waals surface area contributed by atoms with Gasteiger partial charge in [0.2, 0.25) is 0 Å². The summed E-state index contributed by atoms with van der Waals surface area (Å²) in [6, 6.07) is 0. The van der Waals surface area contributed by atoms with Crippen LogP contribution in [0.1, 0.15) is 19.3 Å². The zero-order chi connectivity index (χ0) is 9.23. The molecule has 0 fully saturated rings. The highest BCUT2D eigenvalue weighted by Crippen LogP contribution is 1.92. The summed E-state index contributed by atoms with van der Waals surface area (Å²) in [6.45, 7) is 3.59. The number of hydrogen-bond donors (Lipinski definition) is 1. The molecule has 0 aliphatic heterocycles. The van der Waals surface area contributed by atoms with Gasteiger partial charge in [0.1, 0.15) is 0 Å². The highest BCUT2D eigenvalue weighted by Gasteiger charge is 1.91. The van der Waals surface area contributed by atoms with Crippen LogP contribution in [0.4, 0.5) is 0 Å². The molecule has 0 spiro atoms. The average molecular weight is 174 g/mol. The number of nitrogens with zero attached hydrogens (tertiary/aromatic N) is 1. The molecular weight excluding hydrogens is 152 g/mol. The Labute approximate surface area is 75.9 Å². The Morgan fingerprint density at radius 2 is 1.75 bits per heavy atom. The van der Waals surface area contributed by atoms with Gasteiger partial charge in [0.15, 0.2) is 0 Å². The summed E-state index contributed by atoms with van der Waals surface area (Å²) in [6.07, 6.45) is 3.35. The molecule has 0 aliphatic rings. The Balaban J connectivity index is 2.82. The summed E-state index contributed by atoms with van der Waals surface area (Å²) in [4.78, 5) is 2.19. The van der Waals surface area contributed by atoms with Crippen LogP contribution >= 0.6 is 0 Å². The largest absolute Gasteiger partial charge is 0.381 e. The summed E-state index contributed by atoms with van der Waals surface area (Å²) in [5.41, 5.74) is 5.32. The van der Waals surface area contributed by atoms with Crippen LogP contribution in [-0.2, 0) is 4.74 Å². The van der Waals surface area contributed by atoms with E-state index in [1.807, 2.05) is 0 Å². The van der Waals surface area contributed by atoms with Gasteiger partial charge in [-0.15, -0.1) is 0 Å². The van der Waals surface area contributed by atoms with Crippen molar-refractivity contribution in [1.29, 1.82) is 0 Å². The molecule has 0 radical (unpaired) electrons. The Morgan fingerprint density at radius 1 is 1.08 bits per heavy atom. The molecule has 74 valence electrons. The Bertz CT molecular complexity index is 86.6. The van der Waals surface area contributed by atoms with Gasteiger partial charge < -0.3 is 15.4 Å². The van der Waals surface area contributed by atoms with Crippen LogP contribution < -0.4 is 5.73 Å². The minimum Gasteiger partial charge on any atom is -0.381 e. The maximum Gasteiger partial charge on any atom is 0.0478 e. The van der Waals surface area contributed by atoms with Gasteiger partial charge in [0.25, 0.3) is 0 Å². The van der Waals surface area contributed by atoms with E-state index in [9.17, 15) is 0 Å². The fraction of sp³-hybridized carbons (Fsp3) is 1.00. The van der Waals surface area contributed by atoms with Crippen molar-refractivity contribution in [3.8, 4) is 0 Å². The average Bonchev–Trinajstić information content (AvgIpc) is 2.02. The quantitative estimate of drug-likeness (QED) is 0.550. The summed E-state index contributed by atoms with van der Waals surface area (Å²) in [7, 11) is 4.19. The van der Waals surface area contributed by atoms with E-state index in [1.54, 1.807) is 0 Å². The highest BCUT2D eigenvalue weighted by molar-refractivity contribution is 4.44. The predicted molar refractivity (Wildman–Crippen MR) is 52.3 cm³/mol. The lowest BCUT2D eigenvalue weighted by molar-refractivity contribution is 0.127. The molecule has 0 saturated carbocycles. The molecule has 0 atom stereocenters. The summed E-state index contributed by atoms with van der Waals surface area (Å²) in [5, 5.41) is 0. The Morgan fingerprint density at radius 3 is 2.33 bits per heavy atom. The van der Waals surface area contributed by atoms with Gasteiger partial charge in [-0.3, -0.25) is 0 Å². The van der Waals surface area contributed by atoms with Gasteiger partial charge in [-0.05, 0) is 46.4 Å². The van der Waals surface area contributed by atoms with Gasteiger partial charge in [-0.2, -0.15) is 0 Å². The summed E-state index contributed by atoms with van der Waals surface area (Å²) in [5.74, 6) is 0. The predicted octanol–water partition coefficient (Wildman–Crippen LogP) is 0.694. The minimum absolute atomic E-state index is 0.734. The number of hydrogen-bond acceptors (Lipinski definition) is 3. The van der Waals surface area contributed by atoms with Crippen LogP contribution in [0.25, 0.3) is 0 Å². The third-order valence-electron chi connectivity index (χ3n) is 1.64. The maximum absolute atomic E-state index is 5.36. The zero-order valence-electron chi connectivity index (χ0n) is 8.38. The van der Waals surface area contributed by atoms with Gasteiger partial charge in [0.05, 0.1) is 0 Å². The molecule has 12 heavy (non-hydrogen) atoms. The third-order valence-corrected chi connectivity index (χ3v) is 1.64. The molecule has 0 aromatic rings. The van der Waals surface area contributed by atoms with Crippen molar-refractivity contribution in [2.45, 2.75) is 19.3 Å². The molecule has 0 amide bonds. The lowest BCUT2D eigenvalue weighted by Crippen LogP contribution is -2.13. The molecule has 0 aliphatic carbocycles. The number of nitrogens with two attached hydrogens (primary N) is 1. The van der Waals surface area contributed by atoms with Crippen molar-refractivity contribution in [3.63, 3.8) is 0 Å². The van der Waals surface area contributed by atoms with Gasteiger partial charge in [-0.25, -0.2) is 0 Å². The topological polar surface area (TPSA) is 38.5 Å². The number of unbranched alkanes of at least 4 members (excludes halogenated alkanes) is 1. The monoisotopic (exact) mass is 174 g/mol. The lowest BCUT2D eigenvalue weighted by Gasteiger charge is -2.08. The molecule has 0 heterocycles. The van der Waals surface area contributed by atoms with E-state index in [0.29, 0.717) is 0 Å². The van der Waals surface area contributed by atoms with E-state index in [2.05, 4.69) is 19.0 Å². The minimum atomic E-state index is 0.734. The molecule has 3 heteroatoms. The highest BCUT2D eigenvalue weighted by atomic mass is 16.5. The lowest BCUT2D eigenvalue weighted by atomic mass is 10.3. The Kier molecular flexibility index (Phi) is 8.88. The standard InChI is InChI=1S/C9H22N2O/c1-11(2)7-3-4-8-12-9-5-6-10/h3-10H2,1-2H3. The van der Waals surface area contributed by atoms with Crippen molar-refractivity contribution in [2.75, 3.05) is 40.4 Å². The van der Waals surface area contributed by atoms with Crippen molar-refractivity contribution in [2.24, 2.45) is 5.73 Å². The smallest absolute Gasteiger partial charge is 0.0478 e. The molecule has 0 rings (SSSR count). The SMILES string of the molecule is CN(C)CCCCOCCCN. The molecule has 0 saturated heterocycles. The number of rotatable bonds is 8. The van der Waals surface area contributed by atoms with Crippen LogP contribution in [0.3, 0.4) is 0 Å². The van der Waals surface area contributed by atoms with Crippen molar-refractivity contribution in [3.05, 3.63) is 0 Å². The molecule has 0 aromatic heterocycles. The molecule has 0 unspecified atom stereocenters. The van der Waals surface area contributed by atoms with Crippen LogP contribution in [0.2, 0.25) is 0 Å². The van der Waals surface area contributed by atoms with E-state index in [-0.39, 0.29) is 0 Å². The summed E-state index contributed by atoms with van der Waals surface area (Å²) < 4.78 is 5.36. The Hall–Kier alpha value is -0.120. The first-order valence-electron chi connectivity index (χ1n) is 4.70. The second-order valence-electron chi connectivity index (χ2n) is 3.26. The fourth-order valence-corrected chi connectivity index (χ4v) is 0.920. The second-order valence-corrected chi connectivity index (χ2v) is 3.26. The molecule has 3 nitrogen and oxygen atoms in total. The zero-order valence-corrected chi connectivity index (χ0v) is 8.38. The molecule has 2 N–H and O–H groups in total.